The summed E-state index contributed by atoms with van der Waals surface area (Å²) in [4.78, 5) is 17.1. The van der Waals surface area contributed by atoms with Gasteiger partial charge in [-0.2, -0.15) is 4.98 Å². The number of hydrogen-bond donors (Lipinski definition) is 1. The molecule has 0 atom stereocenters. The molecule has 0 saturated carbocycles. The first kappa shape index (κ1) is 20.1. The molecule has 6 nitrogen and oxygen atoms in total. The number of benzene rings is 1. The van der Waals surface area contributed by atoms with Gasteiger partial charge in [-0.1, -0.05) is 17.7 Å². The Bertz CT molecular complexity index is 862. The van der Waals surface area contributed by atoms with Gasteiger partial charge in [-0.3, -0.25) is 4.90 Å². The van der Waals surface area contributed by atoms with Crippen LogP contribution in [0.1, 0.15) is 27.9 Å². The van der Waals surface area contributed by atoms with Crippen LogP contribution in [-0.2, 0) is 6.42 Å². The number of aryl methyl sites for hydroxylation is 4. The molecule has 156 valence electrons. The largest absolute Gasteiger partial charge is 0.355 e. The van der Waals surface area contributed by atoms with Crippen LogP contribution < -0.4 is 10.2 Å². The number of aromatic nitrogens is 2. The van der Waals surface area contributed by atoms with Crippen molar-refractivity contribution in [2.24, 2.45) is 0 Å². The summed E-state index contributed by atoms with van der Waals surface area (Å²) in [6.45, 7) is 16.4. The van der Waals surface area contributed by atoms with Gasteiger partial charge in [-0.15, -0.1) is 0 Å². The van der Waals surface area contributed by atoms with Crippen molar-refractivity contribution in [1.29, 1.82) is 0 Å². The van der Waals surface area contributed by atoms with Crippen LogP contribution in [-0.4, -0.2) is 72.6 Å². The van der Waals surface area contributed by atoms with Gasteiger partial charge in [0.05, 0.1) is 0 Å². The van der Waals surface area contributed by atoms with E-state index in [-0.39, 0.29) is 0 Å². The molecule has 0 radical (unpaired) electrons. The van der Waals surface area contributed by atoms with Crippen LogP contribution >= 0.6 is 0 Å². The van der Waals surface area contributed by atoms with Crippen molar-refractivity contribution in [3.63, 3.8) is 0 Å². The molecule has 1 fully saturated rings. The highest BCUT2D eigenvalue weighted by Gasteiger charge is 2.25. The Hall–Kier alpha value is -2.18. The van der Waals surface area contributed by atoms with E-state index in [4.69, 9.17) is 9.97 Å². The van der Waals surface area contributed by atoms with Gasteiger partial charge in [0.1, 0.15) is 5.82 Å². The fourth-order valence-corrected chi connectivity index (χ4v) is 4.58. The minimum atomic E-state index is 0.711. The molecule has 6 heteroatoms. The molecular weight excluding hydrogens is 360 g/mol. The monoisotopic (exact) mass is 394 g/mol. The van der Waals surface area contributed by atoms with Crippen molar-refractivity contribution in [2.45, 2.75) is 34.1 Å². The van der Waals surface area contributed by atoms with E-state index in [0.29, 0.717) is 5.95 Å². The molecule has 1 aromatic heterocycles. The fourth-order valence-electron chi connectivity index (χ4n) is 4.58. The van der Waals surface area contributed by atoms with Crippen LogP contribution in [0.3, 0.4) is 0 Å². The molecule has 0 spiro atoms. The van der Waals surface area contributed by atoms with Gasteiger partial charge in [0.15, 0.2) is 0 Å². The van der Waals surface area contributed by atoms with Gasteiger partial charge >= 0.3 is 0 Å². The summed E-state index contributed by atoms with van der Waals surface area (Å²) in [6, 6.07) is 4.41. The second-order valence-corrected chi connectivity index (χ2v) is 8.72. The number of hydrogen-bond acceptors (Lipinski definition) is 6. The minimum Gasteiger partial charge on any atom is -0.355 e. The number of piperazine rings is 1. The molecule has 1 N–H and O–H groups in total. The first-order valence-corrected chi connectivity index (χ1v) is 10.8. The topological polar surface area (TPSA) is 47.5 Å². The third kappa shape index (κ3) is 4.38. The highest BCUT2D eigenvalue weighted by atomic mass is 15.3. The summed E-state index contributed by atoms with van der Waals surface area (Å²) in [6.07, 6.45) is 1.05. The molecule has 0 unspecified atom stereocenters. The molecular formula is C23H34N6. The van der Waals surface area contributed by atoms with E-state index in [0.717, 1.165) is 43.3 Å². The van der Waals surface area contributed by atoms with E-state index in [2.05, 4.69) is 66.9 Å². The van der Waals surface area contributed by atoms with Crippen LogP contribution in [0.15, 0.2) is 12.1 Å². The van der Waals surface area contributed by atoms with Gasteiger partial charge in [-0.25, -0.2) is 4.98 Å². The van der Waals surface area contributed by atoms with E-state index < -0.39 is 0 Å². The molecule has 1 aromatic carbocycles. The average Bonchev–Trinajstić information content (AvgIpc) is 3.08. The van der Waals surface area contributed by atoms with E-state index in [1.807, 2.05) is 0 Å². The predicted molar refractivity (Wildman–Crippen MR) is 121 cm³/mol. The summed E-state index contributed by atoms with van der Waals surface area (Å²) in [5, 5.41) is 3.50. The third-order valence-electron chi connectivity index (χ3n) is 6.32. The van der Waals surface area contributed by atoms with Crippen molar-refractivity contribution >= 4 is 17.5 Å². The predicted octanol–water partition coefficient (Wildman–Crippen LogP) is 3.06. The Kier molecular flexibility index (Phi) is 5.74. The average molecular weight is 395 g/mol. The number of nitrogens with zero attached hydrogens (tertiary/aromatic N) is 5. The zero-order valence-corrected chi connectivity index (χ0v) is 18.5. The number of nitrogens with one attached hydrogen (secondary N) is 1. The normalized spacial score (nSPS) is 17.6. The zero-order chi connectivity index (χ0) is 20.5. The lowest BCUT2D eigenvalue weighted by molar-refractivity contribution is 0.157. The molecule has 3 heterocycles. The van der Waals surface area contributed by atoms with Crippen molar-refractivity contribution in [2.75, 3.05) is 63.1 Å². The number of likely N-dealkylation sites (N-methyl/N-ethyl adjacent to an activating group) is 1. The van der Waals surface area contributed by atoms with Gasteiger partial charge in [0.25, 0.3) is 0 Å². The van der Waals surface area contributed by atoms with Crippen LogP contribution in [0.5, 0.6) is 0 Å². The first-order chi connectivity index (χ1) is 13.9. The summed E-state index contributed by atoms with van der Waals surface area (Å²) >= 11 is 0. The number of fused-ring (bicyclic) bond motifs is 1. The Balaban J connectivity index is 1.50. The summed E-state index contributed by atoms with van der Waals surface area (Å²) in [7, 11) is 2.21. The highest BCUT2D eigenvalue weighted by molar-refractivity contribution is 5.66. The van der Waals surface area contributed by atoms with Crippen molar-refractivity contribution in [3.8, 4) is 0 Å². The fraction of sp³-hybridized carbons (Fsp3) is 0.565. The van der Waals surface area contributed by atoms with Gasteiger partial charge in [0.2, 0.25) is 5.95 Å². The molecule has 1 saturated heterocycles. The van der Waals surface area contributed by atoms with Crippen LogP contribution in [0.25, 0.3) is 0 Å². The maximum Gasteiger partial charge on any atom is 0.229 e. The Morgan fingerprint density at radius 1 is 0.897 bits per heavy atom. The Labute approximate surface area is 174 Å². The number of rotatable bonds is 5. The van der Waals surface area contributed by atoms with Gasteiger partial charge < -0.3 is 15.1 Å². The minimum absolute atomic E-state index is 0.711. The second kappa shape index (κ2) is 8.28. The quantitative estimate of drug-likeness (QED) is 0.841. The lowest BCUT2D eigenvalue weighted by Gasteiger charge is -2.33. The molecule has 4 rings (SSSR count). The summed E-state index contributed by atoms with van der Waals surface area (Å²) < 4.78 is 0. The second-order valence-electron chi connectivity index (χ2n) is 8.72. The smallest absolute Gasteiger partial charge is 0.229 e. The third-order valence-corrected chi connectivity index (χ3v) is 6.32. The maximum atomic E-state index is 4.95. The summed E-state index contributed by atoms with van der Waals surface area (Å²) in [5.41, 5.74) is 7.28. The standard InChI is InChI=1S/C23H34N6/c1-16-14-17(2)21(18(3)15-16)25-23-24-19(4)20-6-7-29(22(20)26-23)13-12-28-10-8-27(5)9-11-28/h14-15H,6-13H2,1-5H3,(H,24,25,26). The van der Waals surface area contributed by atoms with E-state index in [9.17, 15) is 0 Å². The van der Waals surface area contributed by atoms with Crippen LogP contribution in [0.4, 0.5) is 17.5 Å². The van der Waals surface area contributed by atoms with Crippen molar-refractivity contribution in [3.05, 3.63) is 40.1 Å². The van der Waals surface area contributed by atoms with Crippen molar-refractivity contribution < 1.29 is 0 Å². The van der Waals surface area contributed by atoms with Gasteiger partial charge in [0, 0.05) is 62.8 Å². The Morgan fingerprint density at radius 3 is 2.28 bits per heavy atom. The molecule has 29 heavy (non-hydrogen) atoms. The van der Waals surface area contributed by atoms with E-state index >= 15 is 0 Å². The van der Waals surface area contributed by atoms with Crippen LogP contribution in [0.2, 0.25) is 0 Å². The SMILES string of the molecule is Cc1cc(C)c(Nc2nc(C)c3c(n2)N(CCN2CCN(C)CC2)CC3)c(C)c1. The molecule has 2 aliphatic heterocycles. The van der Waals surface area contributed by atoms with Crippen molar-refractivity contribution in [1.82, 2.24) is 19.8 Å². The molecule has 2 aliphatic rings. The molecule has 2 aromatic rings. The molecule has 0 aliphatic carbocycles. The van der Waals surface area contributed by atoms with Gasteiger partial charge in [-0.05, 0) is 52.3 Å². The van der Waals surface area contributed by atoms with E-state index in [1.54, 1.807) is 0 Å². The molecule has 0 bridgehead atoms. The number of anilines is 3. The molecule has 0 amide bonds. The van der Waals surface area contributed by atoms with E-state index in [1.165, 1.54) is 48.4 Å². The van der Waals surface area contributed by atoms with Crippen LogP contribution in [0, 0.1) is 27.7 Å². The lowest BCUT2D eigenvalue weighted by Crippen LogP contribution is -2.46. The highest BCUT2D eigenvalue weighted by Crippen LogP contribution is 2.31. The maximum absolute atomic E-state index is 4.95. The first-order valence-electron chi connectivity index (χ1n) is 10.8. The summed E-state index contributed by atoms with van der Waals surface area (Å²) in [5.74, 6) is 1.83. The zero-order valence-electron chi connectivity index (χ0n) is 18.5. The Morgan fingerprint density at radius 2 is 1.59 bits per heavy atom. The lowest BCUT2D eigenvalue weighted by atomic mass is 10.1.